The molecular formula is C15H18ClN3. The summed E-state index contributed by atoms with van der Waals surface area (Å²) in [4.78, 5) is 2.53. The van der Waals surface area contributed by atoms with Crippen molar-refractivity contribution >= 4 is 17.3 Å². The van der Waals surface area contributed by atoms with Crippen LogP contribution in [0, 0.1) is 11.3 Å². The van der Waals surface area contributed by atoms with E-state index in [-0.39, 0.29) is 0 Å². The average molecular weight is 276 g/mol. The standard InChI is InChI=1S/C15H18ClN3/c1-19-13-3-4-14(19)8-12(7-13)18-11-2-5-15(16)10(6-11)9-17/h2,5-6,12-14,18H,3-4,7-8H2,1H3. The molecule has 2 aliphatic rings. The Morgan fingerprint density at radius 2 is 2.00 bits per heavy atom. The van der Waals surface area contributed by atoms with E-state index >= 15 is 0 Å². The number of anilines is 1. The summed E-state index contributed by atoms with van der Waals surface area (Å²) < 4.78 is 0. The summed E-state index contributed by atoms with van der Waals surface area (Å²) in [5.41, 5.74) is 1.55. The summed E-state index contributed by atoms with van der Waals surface area (Å²) in [6.45, 7) is 0. The quantitative estimate of drug-likeness (QED) is 0.901. The monoisotopic (exact) mass is 275 g/mol. The smallest absolute Gasteiger partial charge is 0.101 e. The predicted octanol–water partition coefficient (Wildman–Crippen LogP) is 3.25. The van der Waals surface area contributed by atoms with Crippen LogP contribution in [0.2, 0.25) is 5.02 Å². The van der Waals surface area contributed by atoms with E-state index in [2.05, 4.69) is 23.3 Å². The zero-order valence-corrected chi connectivity index (χ0v) is 11.8. The second-order valence-electron chi connectivity index (χ2n) is 5.67. The molecule has 0 spiro atoms. The number of nitrogens with zero attached hydrogens (tertiary/aromatic N) is 2. The van der Waals surface area contributed by atoms with Crippen LogP contribution in [0.4, 0.5) is 5.69 Å². The van der Waals surface area contributed by atoms with Gasteiger partial charge in [-0.3, -0.25) is 0 Å². The summed E-state index contributed by atoms with van der Waals surface area (Å²) in [5, 5.41) is 13.1. The van der Waals surface area contributed by atoms with Gasteiger partial charge < -0.3 is 10.2 Å². The van der Waals surface area contributed by atoms with Crippen LogP contribution in [0.15, 0.2) is 18.2 Å². The number of benzene rings is 1. The van der Waals surface area contributed by atoms with E-state index in [1.807, 2.05) is 12.1 Å². The molecule has 2 fully saturated rings. The van der Waals surface area contributed by atoms with Crippen LogP contribution < -0.4 is 5.32 Å². The number of nitriles is 1. The molecule has 2 bridgehead atoms. The molecule has 2 saturated heterocycles. The minimum Gasteiger partial charge on any atom is -0.382 e. The van der Waals surface area contributed by atoms with Crippen molar-refractivity contribution in [3.05, 3.63) is 28.8 Å². The van der Waals surface area contributed by atoms with Crippen molar-refractivity contribution in [2.75, 3.05) is 12.4 Å². The molecular weight excluding hydrogens is 258 g/mol. The Balaban J connectivity index is 1.71. The number of halogens is 1. The number of nitrogens with one attached hydrogen (secondary N) is 1. The number of fused-ring (bicyclic) bond motifs is 2. The molecule has 0 aliphatic carbocycles. The van der Waals surface area contributed by atoms with E-state index in [0.29, 0.717) is 16.6 Å². The first-order chi connectivity index (χ1) is 9.17. The van der Waals surface area contributed by atoms with Gasteiger partial charge in [0.1, 0.15) is 6.07 Å². The Hall–Kier alpha value is -1.24. The Kier molecular flexibility index (Phi) is 3.38. The first-order valence-electron chi connectivity index (χ1n) is 6.85. The maximum atomic E-state index is 9.01. The van der Waals surface area contributed by atoms with Gasteiger partial charge >= 0.3 is 0 Å². The molecule has 4 heteroatoms. The lowest BCUT2D eigenvalue weighted by atomic mass is 9.97. The van der Waals surface area contributed by atoms with Crippen LogP contribution >= 0.6 is 11.6 Å². The van der Waals surface area contributed by atoms with Gasteiger partial charge in [-0.25, -0.2) is 0 Å². The van der Waals surface area contributed by atoms with Crippen LogP contribution in [0.5, 0.6) is 0 Å². The van der Waals surface area contributed by atoms with Gasteiger partial charge in [0.25, 0.3) is 0 Å². The van der Waals surface area contributed by atoms with Crippen molar-refractivity contribution in [1.82, 2.24) is 4.90 Å². The van der Waals surface area contributed by atoms with Gasteiger partial charge in [0.15, 0.2) is 0 Å². The molecule has 2 unspecified atom stereocenters. The highest BCUT2D eigenvalue weighted by atomic mass is 35.5. The summed E-state index contributed by atoms with van der Waals surface area (Å²) in [6, 6.07) is 9.70. The number of rotatable bonds is 2. The maximum Gasteiger partial charge on any atom is 0.101 e. The molecule has 1 N–H and O–H groups in total. The third kappa shape index (κ3) is 2.43. The molecule has 1 aromatic carbocycles. The minimum atomic E-state index is 0.515. The first kappa shape index (κ1) is 12.8. The molecule has 0 saturated carbocycles. The molecule has 0 amide bonds. The number of hydrogen-bond acceptors (Lipinski definition) is 3. The molecule has 3 nitrogen and oxygen atoms in total. The maximum absolute atomic E-state index is 9.01. The van der Waals surface area contributed by atoms with Gasteiger partial charge in [0.05, 0.1) is 10.6 Å². The third-order valence-corrected chi connectivity index (χ3v) is 4.89. The normalized spacial score (nSPS) is 30.1. The van der Waals surface area contributed by atoms with Crippen molar-refractivity contribution < 1.29 is 0 Å². The van der Waals surface area contributed by atoms with Crippen LogP contribution in [0.3, 0.4) is 0 Å². The molecule has 2 atom stereocenters. The largest absolute Gasteiger partial charge is 0.382 e. The summed E-state index contributed by atoms with van der Waals surface area (Å²) in [7, 11) is 2.24. The van der Waals surface area contributed by atoms with E-state index in [4.69, 9.17) is 16.9 Å². The van der Waals surface area contributed by atoms with E-state index in [0.717, 1.165) is 17.8 Å². The fourth-order valence-electron chi connectivity index (χ4n) is 3.47. The van der Waals surface area contributed by atoms with E-state index in [1.54, 1.807) is 6.07 Å². The highest BCUT2D eigenvalue weighted by molar-refractivity contribution is 6.31. The average Bonchev–Trinajstić information content (AvgIpc) is 2.64. The third-order valence-electron chi connectivity index (χ3n) is 4.56. The fraction of sp³-hybridized carbons (Fsp3) is 0.533. The van der Waals surface area contributed by atoms with Crippen molar-refractivity contribution in [1.29, 1.82) is 5.26 Å². The lowest BCUT2D eigenvalue weighted by Gasteiger charge is -2.37. The molecule has 3 rings (SSSR count). The second kappa shape index (κ2) is 5.03. The van der Waals surface area contributed by atoms with Crippen molar-refractivity contribution in [3.8, 4) is 6.07 Å². The molecule has 0 aromatic heterocycles. The Bertz CT molecular complexity index is 509. The Morgan fingerprint density at radius 1 is 1.32 bits per heavy atom. The van der Waals surface area contributed by atoms with Gasteiger partial charge in [-0.2, -0.15) is 5.26 Å². The van der Waals surface area contributed by atoms with E-state index in [1.165, 1.54) is 25.7 Å². The second-order valence-corrected chi connectivity index (χ2v) is 6.08. The van der Waals surface area contributed by atoms with E-state index in [9.17, 15) is 0 Å². The Morgan fingerprint density at radius 3 is 2.63 bits per heavy atom. The fourth-order valence-corrected chi connectivity index (χ4v) is 3.63. The van der Waals surface area contributed by atoms with Gasteiger partial charge in [0, 0.05) is 23.8 Å². The lowest BCUT2D eigenvalue weighted by Crippen LogP contribution is -2.44. The highest BCUT2D eigenvalue weighted by Gasteiger charge is 2.38. The van der Waals surface area contributed by atoms with Gasteiger partial charge in [-0.15, -0.1) is 0 Å². The van der Waals surface area contributed by atoms with E-state index < -0.39 is 0 Å². The van der Waals surface area contributed by atoms with Crippen LogP contribution in [0.1, 0.15) is 31.2 Å². The molecule has 100 valence electrons. The number of hydrogen-bond donors (Lipinski definition) is 1. The molecule has 19 heavy (non-hydrogen) atoms. The van der Waals surface area contributed by atoms with Crippen LogP contribution in [0.25, 0.3) is 0 Å². The van der Waals surface area contributed by atoms with Gasteiger partial charge in [-0.05, 0) is 50.9 Å². The zero-order chi connectivity index (χ0) is 13.4. The van der Waals surface area contributed by atoms with Crippen molar-refractivity contribution in [3.63, 3.8) is 0 Å². The highest BCUT2D eigenvalue weighted by Crippen LogP contribution is 2.35. The minimum absolute atomic E-state index is 0.515. The molecule has 1 aromatic rings. The predicted molar refractivity (Wildman–Crippen MR) is 77.4 cm³/mol. The summed E-state index contributed by atoms with van der Waals surface area (Å²) in [5.74, 6) is 0. The van der Waals surface area contributed by atoms with Crippen LogP contribution in [-0.2, 0) is 0 Å². The topological polar surface area (TPSA) is 39.1 Å². The lowest BCUT2D eigenvalue weighted by molar-refractivity contribution is 0.169. The zero-order valence-electron chi connectivity index (χ0n) is 11.1. The SMILES string of the molecule is CN1C2CCC1CC(Nc1ccc(Cl)c(C#N)c1)C2. The summed E-state index contributed by atoms with van der Waals surface area (Å²) >= 11 is 5.96. The number of piperidine rings is 1. The molecule has 2 aliphatic heterocycles. The molecule has 2 heterocycles. The van der Waals surface area contributed by atoms with Gasteiger partial charge in [-0.1, -0.05) is 11.6 Å². The molecule has 0 radical (unpaired) electrons. The first-order valence-corrected chi connectivity index (χ1v) is 7.23. The van der Waals surface area contributed by atoms with Crippen molar-refractivity contribution in [2.24, 2.45) is 0 Å². The van der Waals surface area contributed by atoms with Crippen LogP contribution in [-0.4, -0.2) is 30.1 Å². The van der Waals surface area contributed by atoms with Crippen molar-refractivity contribution in [2.45, 2.75) is 43.8 Å². The Labute approximate surface area is 119 Å². The van der Waals surface area contributed by atoms with Gasteiger partial charge in [0.2, 0.25) is 0 Å². The summed E-state index contributed by atoms with van der Waals surface area (Å²) in [6.07, 6.45) is 5.03.